The summed E-state index contributed by atoms with van der Waals surface area (Å²) in [5.41, 5.74) is 3.37. The van der Waals surface area contributed by atoms with E-state index >= 15 is 0 Å². The first-order chi connectivity index (χ1) is 11.1. The molecule has 1 heterocycles. The number of nitrogens with one attached hydrogen (secondary N) is 1. The first kappa shape index (κ1) is 15.1. The highest BCUT2D eigenvalue weighted by Gasteiger charge is 2.12. The molecule has 0 atom stereocenters. The second-order valence-electron chi connectivity index (χ2n) is 5.28. The molecule has 4 nitrogen and oxygen atoms in total. The molecule has 1 N–H and O–H groups in total. The first-order valence-corrected chi connectivity index (χ1v) is 7.39. The normalized spacial score (nSPS) is 10.7. The number of benzene rings is 2. The van der Waals surface area contributed by atoms with Gasteiger partial charge in [0.15, 0.2) is 0 Å². The molecule has 0 aliphatic heterocycles. The maximum absolute atomic E-state index is 12.8. The molecule has 5 heteroatoms. The Kier molecular flexibility index (Phi) is 4.28. The van der Waals surface area contributed by atoms with Gasteiger partial charge in [0, 0.05) is 6.54 Å². The van der Waals surface area contributed by atoms with Gasteiger partial charge in [-0.1, -0.05) is 24.3 Å². The highest BCUT2D eigenvalue weighted by molar-refractivity contribution is 5.95. The molecule has 0 aliphatic carbocycles. The molecule has 1 amide bonds. The molecule has 0 fully saturated rings. The Bertz CT molecular complexity index is 847. The monoisotopic (exact) mass is 309 g/mol. The van der Waals surface area contributed by atoms with Crippen LogP contribution in [0, 0.1) is 12.7 Å². The molecule has 116 valence electrons. The molecule has 3 aromatic rings. The van der Waals surface area contributed by atoms with Crippen LogP contribution in [-0.4, -0.2) is 22.4 Å². The van der Waals surface area contributed by atoms with Crippen LogP contribution >= 0.6 is 0 Å². The largest absolute Gasteiger partial charge is 0.350 e. The number of hydrogen-bond acceptors (Lipinski definition) is 3. The van der Waals surface area contributed by atoms with Gasteiger partial charge < -0.3 is 5.32 Å². The fourth-order valence-corrected chi connectivity index (χ4v) is 2.36. The van der Waals surface area contributed by atoms with Crippen molar-refractivity contribution in [1.29, 1.82) is 0 Å². The average molecular weight is 309 g/mol. The minimum absolute atomic E-state index is 0.247. The number of aryl methyl sites for hydroxylation is 1. The van der Waals surface area contributed by atoms with Gasteiger partial charge in [-0.15, -0.1) is 0 Å². The smallest absolute Gasteiger partial charge is 0.271 e. The van der Waals surface area contributed by atoms with E-state index in [9.17, 15) is 9.18 Å². The van der Waals surface area contributed by atoms with Gasteiger partial charge in [-0.05, 0) is 43.2 Å². The van der Waals surface area contributed by atoms with Crippen molar-refractivity contribution in [2.24, 2.45) is 0 Å². The van der Waals surface area contributed by atoms with E-state index in [1.807, 2.05) is 24.3 Å². The first-order valence-electron chi connectivity index (χ1n) is 7.39. The van der Waals surface area contributed by atoms with Gasteiger partial charge in [0.1, 0.15) is 11.5 Å². The maximum atomic E-state index is 12.8. The van der Waals surface area contributed by atoms with E-state index in [0.717, 1.165) is 11.1 Å². The van der Waals surface area contributed by atoms with Crippen molar-refractivity contribution in [3.63, 3.8) is 0 Å². The molecule has 0 saturated carbocycles. The predicted octanol–water partition coefficient (Wildman–Crippen LogP) is 3.05. The Morgan fingerprint density at radius 3 is 2.39 bits per heavy atom. The number of halogens is 1. The third-order valence-corrected chi connectivity index (χ3v) is 3.57. The number of aromatic nitrogens is 2. The molecule has 0 bridgehead atoms. The van der Waals surface area contributed by atoms with Crippen LogP contribution in [0.3, 0.4) is 0 Å². The van der Waals surface area contributed by atoms with Gasteiger partial charge in [-0.3, -0.25) is 4.79 Å². The van der Waals surface area contributed by atoms with E-state index in [4.69, 9.17) is 0 Å². The lowest BCUT2D eigenvalue weighted by atomic mass is 10.1. The van der Waals surface area contributed by atoms with Crippen LogP contribution in [0.5, 0.6) is 0 Å². The molecular formula is C18H16FN3O. The summed E-state index contributed by atoms with van der Waals surface area (Å²) in [6.45, 7) is 2.23. The number of rotatable bonds is 4. The van der Waals surface area contributed by atoms with E-state index in [2.05, 4.69) is 15.3 Å². The van der Waals surface area contributed by atoms with Crippen LogP contribution in [0.15, 0.2) is 48.5 Å². The Balaban J connectivity index is 1.68. The summed E-state index contributed by atoms with van der Waals surface area (Å²) in [6.07, 6.45) is 0.631. The molecule has 2 aromatic carbocycles. The third kappa shape index (κ3) is 3.51. The summed E-state index contributed by atoms with van der Waals surface area (Å²) in [4.78, 5) is 21.1. The molecule has 0 radical (unpaired) electrons. The van der Waals surface area contributed by atoms with Crippen LogP contribution in [0.2, 0.25) is 0 Å². The molecule has 1 aromatic heterocycles. The summed E-state index contributed by atoms with van der Waals surface area (Å²) in [5.74, 6) is -0.511. The molecule has 23 heavy (non-hydrogen) atoms. The van der Waals surface area contributed by atoms with Gasteiger partial charge in [0.25, 0.3) is 5.91 Å². The number of hydrogen-bond donors (Lipinski definition) is 1. The number of carbonyl (C=O) groups excluding carboxylic acids is 1. The highest BCUT2D eigenvalue weighted by atomic mass is 19.1. The Morgan fingerprint density at radius 2 is 1.70 bits per heavy atom. The summed E-state index contributed by atoms with van der Waals surface area (Å²) >= 11 is 0. The number of fused-ring (bicyclic) bond motifs is 1. The van der Waals surface area contributed by atoms with Crippen molar-refractivity contribution in [1.82, 2.24) is 15.3 Å². The zero-order valence-corrected chi connectivity index (χ0v) is 12.7. The van der Waals surface area contributed by atoms with Crippen molar-refractivity contribution in [2.75, 3.05) is 6.54 Å². The van der Waals surface area contributed by atoms with Gasteiger partial charge >= 0.3 is 0 Å². The van der Waals surface area contributed by atoms with E-state index < -0.39 is 0 Å². The second kappa shape index (κ2) is 6.52. The Labute approximate surface area is 133 Å². The van der Waals surface area contributed by atoms with Gasteiger partial charge in [-0.25, -0.2) is 14.4 Å². The summed E-state index contributed by atoms with van der Waals surface area (Å²) < 4.78 is 12.8. The SMILES string of the molecule is Cc1nc2ccccc2nc1C(=O)NCCc1ccc(F)cc1. The fraction of sp³-hybridized carbons (Fsp3) is 0.167. The minimum Gasteiger partial charge on any atom is -0.350 e. The van der Waals surface area contributed by atoms with Crippen LogP contribution in [0.25, 0.3) is 11.0 Å². The second-order valence-corrected chi connectivity index (χ2v) is 5.28. The van der Waals surface area contributed by atoms with E-state index in [1.165, 1.54) is 12.1 Å². The van der Waals surface area contributed by atoms with Gasteiger partial charge in [0.05, 0.1) is 16.7 Å². The van der Waals surface area contributed by atoms with Gasteiger partial charge in [-0.2, -0.15) is 0 Å². The van der Waals surface area contributed by atoms with Gasteiger partial charge in [0.2, 0.25) is 0 Å². The van der Waals surface area contributed by atoms with E-state index in [0.29, 0.717) is 29.9 Å². The molecular weight excluding hydrogens is 293 g/mol. The van der Waals surface area contributed by atoms with Crippen molar-refractivity contribution < 1.29 is 9.18 Å². The molecule has 0 aliphatic rings. The van der Waals surface area contributed by atoms with Crippen molar-refractivity contribution in [2.45, 2.75) is 13.3 Å². The van der Waals surface area contributed by atoms with Crippen LogP contribution in [0.1, 0.15) is 21.7 Å². The fourth-order valence-electron chi connectivity index (χ4n) is 2.36. The van der Waals surface area contributed by atoms with E-state index in [-0.39, 0.29) is 11.7 Å². The summed E-state index contributed by atoms with van der Waals surface area (Å²) in [6, 6.07) is 13.7. The van der Waals surface area contributed by atoms with Crippen LogP contribution in [-0.2, 0) is 6.42 Å². The lowest BCUT2D eigenvalue weighted by Crippen LogP contribution is -2.27. The predicted molar refractivity (Wildman–Crippen MR) is 86.7 cm³/mol. The summed E-state index contributed by atoms with van der Waals surface area (Å²) in [7, 11) is 0. The van der Waals surface area contributed by atoms with Crippen molar-refractivity contribution >= 4 is 16.9 Å². The standard InChI is InChI=1S/C18H16FN3O/c1-12-17(22-16-5-3-2-4-15(16)21-12)18(23)20-11-10-13-6-8-14(19)9-7-13/h2-9H,10-11H2,1H3,(H,20,23). The lowest BCUT2D eigenvalue weighted by molar-refractivity contribution is 0.0948. The Hall–Kier alpha value is -2.82. The third-order valence-electron chi connectivity index (χ3n) is 3.57. The number of nitrogens with zero attached hydrogens (tertiary/aromatic N) is 2. The number of para-hydroxylation sites is 2. The van der Waals surface area contributed by atoms with Crippen molar-refractivity contribution in [3.8, 4) is 0 Å². The van der Waals surface area contributed by atoms with Crippen molar-refractivity contribution in [3.05, 3.63) is 71.3 Å². The zero-order valence-electron chi connectivity index (χ0n) is 12.7. The number of carbonyl (C=O) groups is 1. The topological polar surface area (TPSA) is 54.9 Å². The Morgan fingerprint density at radius 1 is 1.04 bits per heavy atom. The molecule has 0 spiro atoms. The molecule has 0 saturated heterocycles. The minimum atomic E-state index is -0.264. The highest BCUT2D eigenvalue weighted by Crippen LogP contribution is 2.12. The van der Waals surface area contributed by atoms with Crippen LogP contribution < -0.4 is 5.32 Å². The van der Waals surface area contributed by atoms with Crippen LogP contribution in [0.4, 0.5) is 4.39 Å². The maximum Gasteiger partial charge on any atom is 0.271 e. The summed E-state index contributed by atoms with van der Waals surface area (Å²) in [5, 5.41) is 2.83. The number of amides is 1. The van der Waals surface area contributed by atoms with E-state index in [1.54, 1.807) is 19.1 Å². The molecule has 3 rings (SSSR count). The lowest BCUT2D eigenvalue weighted by Gasteiger charge is -2.08. The zero-order chi connectivity index (χ0) is 16.2. The average Bonchev–Trinajstić information content (AvgIpc) is 2.56. The molecule has 0 unspecified atom stereocenters. The quantitative estimate of drug-likeness (QED) is 0.806.